The molecule has 2 heterocycles. The number of primary amides is 2. The van der Waals surface area contributed by atoms with Crippen LogP contribution in [0.3, 0.4) is 0 Å². The van der Waals surface area contributed by atoms with Gasteiger partial charge in [0.2, 0.25) is 106 Å². The Labute approximate surface area is 803 Å². The van der Waals surface area contributed by atoms with Gasteiger partial charge in [-0.25, -0.2) is 0 Å². The van der Waals surface area contributed by atoms with Crippen LogP contribution in [0.5, 0.6) is 5.75 Å². The number of aromatic amines is 1. The number of carbonyl (C=O) groups is 19. The maximum absolute atomic E-state index is 15.6. The predicted octanol–water partition coefficient (Wildman–Crippen LogP) is -0.213. The Morgan fingerprint density at radius 2 is 1.01 bits per heavy atom. The van der Waals surface area contributed by atoms with E-state index in [-0.39, 0.29) is 75.5 Å². The first-order valence-corrected chi connectivity index (χ1v) is 46.9. The van der Waals surface area contributed by atoms with Crippen LogP contribution in [0.25, 0.3) is 10.9 Å². The summed E-state index contributed by atoms with van der Waals surface area (Å²) in [4.78, 5) is 271. The largest absolute Gasteiger partial charge is 0.508 e. The van der Waals surface area contributed by atoms with Crippen molar-refractivity contribution >= 4 is 123 Å². The lowest BCUT2D eigenvalue weighted by Gasteiger charge is -2.34. The molecule has 0 saturated heterocycles. The molecular weight excluding hydrogens is 1790 g/mol. The molecule has 0 aliphatic carbocycles. The second kappa shape index (κ2) is 56.0. The second-order valence-corrected chi connectivity index (χ2v) is 37.0. The first kappa shape index (κ1) is 115. The molecule has 0 spiro atoms. The molecule has 1 aromatic heterocycles. The molecule has 0 bridgehead atoms. The molecule has 6 unspecified atom stereocenters. The number of hydrogen-bond acceptors (Lipinski definition) is 24. The lowest BCUT2D eigenvalue weighted by molar-refractivity contribution is -0.140. The number of ketones is 2. The number of carboxylic acids is 1. The van der Waals surface area contributed by atoms with E-state index in [0.717, 1.165) is 0 Å². The molecule has 1 aliphatic heterocycles. The van der Waals surface area contributed by atoms with Gasteiger partial charge in [-0.1, -0.05) is 120 Å². The van der Waals surface area contributed by atoms with Gasteiger partial charge in [0.1, 0.15) is 89.5 Å². The highest BCUT2D eigenvalue weighted by Gasteiger charge is 2.44. The number of aromatic hydroxyl groups is 1. The summed E-state index contributed by atoms with van der Waals surface area (Å²) >= 11 is 0. The summed E-state index contributed by atoms with van der Waals surface area (Å²) in [5.74, 6) is -20.0. The van der Waals surface area contributed by atoms with Crippen LogP contribution in [0, 0.1) is 17.8 Å². The Morgan fingerprint density at radius 3 is 1.56 bits per heavy atom. The Kier molecular flexibility index (Phi) is 46.8. The van der Waals surface area contributed by atoms with Crippen LogP contribution in [0.2, 0.25) is 0 Å². The molecule has 42 nitrogen and oxygen atoms in total. The summed E-state index contributed by atoms with van der Waals surface area (Å²) in [6, 6.07) is 0.300. The highest BCUT2D eigenvalue weighted by Crippen LogP contribution is 2.25. The minimum absolute atomic E-state index is 0.0849. The zero-order valence-electron chi connectivity index (χ0n) is 81.3. The van der Waals surface area contributed by atoms with Crippen molar-refractivity contribution in [3.8, 4) is 5.75 Å². The van der Waals surface area contributed by atoms with Crippen LogP contribution in [0.4, 0.5) is 0 Å². The summed E-state index contributed by atoms with van der Waals surface area (Å²) in [6.45, 7) is 21.4. The van der Waals surface area contributed by atoms with Crippen LogP contribution in [-0.4, -0.2) is 252 Å². The van der Waals surface area contributed by atoms with Gasteiger partial charge < -0.3 is 117 Å². The number of carbonyl (C=O) groups excluding carboxylic acids is 18. The van der Waals surface area contributed by atoms with E-state index >= 15 is 28.8 Å². The molecule has 0 radical (unpaired) electrons. The van der Waals surface area contributed by atoms with E-state index in [0.29, 0.717) is 59.7 Å². The third-order valence-corrected chi connectivity index (χ3v) is 23.5. The smallest absolute Gasteiger partial charge is 0.303 e. The van der Waals surface area contributed by atoms with Gasteiger partial charge in [-0.05, 0) is 187 Å². The number of benzene rings is 3. The summed E-state index contributed by atoms with van der Waals surface area (Å²) in [5.41, 5.74) is 8.78. The van der Waals surface area contributed by atoms with Gasteiger partial charge in [0.15, 0.2) is 0 Å². The predicted molar refractivity (Wildman–Crippen MR) is 510 cm³/mol. The maximum Gasteiger partial charge on any atom is 0.303 e. The van der Waals surface area contributed by atoms with E-state index < -0.39 is 258 Å². The Bertz CT molecular complexity index is 4900. The zero-order valence-corrected chi connectivity index (χ0v) is 81.3. The topological polar surface area (TPSA) is 666 Å². The van der Waals surface area contributed by atoms with Gasteiger partial charge in [-0.3, -0.25) is 96.4 Å². The fraction of sp³-hybridized carbons (Fsp3) is 0.573. The Balaban J connectivity index is 1.58. The summed E-state index contributed by atoms with van der Waals surface area (Å²) in [6.07, 6.45) is 1.87. The molecule has 760 valence electrons. The molecular formula is C96H143N19O23. The molecule has 42 heteroatoms. The highest BCUT2D eigenvalue weighted by atomic mass is 16.4. The van der Waals surface area contributed by atoms with Crippen molar-refractivity contribution in [2.75, 3.05) is 6.54 Å². The second-order valence-electron chi connectivity index (χ2n) is 37.0. The van der Waals surface area contributed by atoms with Crippen LogP contribution in [-0.2, 0) is 110 Å². The molecule has 3 aromatic carbocycles. The normalized spacial score (nSPS) is 22.3. The third kappa shape index (κ3) is 38.5. The van der Waals surface area contributed by atoms with E-state index in [9.17, 15) is 82.8 Å². The number of para-hydroxylation sites is 1. The third-order valence-electron chi connectivity index (χ3n) is 23.5. The first-order chi connectivity index (χ1) is 64.8. The highest BCUT2D eigenvalue weighted by molar-refractivity contribution is 6.41. The van der Waals surface area contributed by atoms with Crippen molar-refractivity contribution < 1.29 is 112 Å². The number of aliphatic hydroxyl groups is 2. The number of amides is 16. The maximum atomic E-state index is 15.6. The van der Waals surface area contributed by atoms with E-state index in [2.05, 4.69) is 90.1 Å². The number of aromatic nitrogens is 1. The van der Waals surface area contributed by atoms with E-state index in [1.165, 1.54) is 100 Å². The number of aliphatic carboxylic acids is 1. The number of H-pyrrole nitrogens is 1. The van der Waals surface area contributed by atoms with Gasteiger partial charge in [0, 0.05) is 55.7 Å². The lowest BCUT2D eigenvalue weighted by atomic mass is 9.89. The van der Waals surface area contributed by atoms with Crippen molar-refractivity contribution in [1.82, 2.24) is 90.1 Å². The molecule has 5 rings (SSSR count). The van der Waals surface area contributed by atoms with Gasteiger partial charge in [-0.15, -0.1) is 0 Å². The van der Waals surface area contributed by atoms with Crippen LogP contribution in [0.1, 0.15) is 217 Å². The van der Waals surface area contributed by atoms with Gasteiger partial charge in [-0.2, -0.15) is 0 Å². The number of hydrogen-bond donors (Lipinski definition) is 23. The number of fused-ring (bicyclic) bond motifs is 1. The molecule has 0 saturated carbocycles. The lowest BCUT2D eigenvalue weighted by Crippen LogP contribution is -2.65. The van der Waals surface area contributed by atoms with Crippen LogP contribution >= 0.6 is 0 Å². The number of nitrogens with two attached hydrogens (primary N) is 2. The average Bonchev–Trinajstić information content (AvgIpc) is 1.58. The van der Waals surface area contributed by atoms with Gasteiger partial charge >= 0.3 is 5.97 Å². The number of carboxylic acid groups (broad SMARTS) is 1. The molecule has 19 atom stereocenters. The first-order valence-electron chi connectivity index (χ1n) is 46.9. The number of phenolic OH excluding ortho intramolecular Hbond substituents is 1. The van der Waals surface area contributed by atoms with Crippen LogP contribution < -0.4 is 96.5 Å². The van der Waals surface area contributed by atoms with Gasteiger partial charge in [0.25, 0.3) is 0 Å². The number of Topliss-reactive ketones (excluding diaryl/α,β-unsaturated/α-hetero) is 2. The molecule has 4 aromatic rings. The molecule has 138 heavy (non-hydrogen) atoms. The monoisotopic (exact) mass is 1930 g/mol. The molecule has 0 fully saturated rings. The van der Waals surface area contributed by atoms with E-state index in [4.69, 9.17) is 11.5 Å². The number of allylic oxidation sites excluding steroid dienone is 2. The van der Waals surface area contributed by atoms with E-state index in [1.54, 1.807) is 74.6 Å². The number of phenols is 1. The molecule has 25 N–H and O–H groups in total. The zero-order chi connectivity index (χ0) is 103. The number of rotatable bonds is 38. The van der Waals surface area contributed by atoms with Gasteiger partial charge in [0.05, 0.1) is 30.1 Å². The average molecular weight is 1930 g/mol. The van der Waals surface area contributed by atoms with Crippen molar-refractivity contribution in [3.05, 3.63) is 114 Å². The summed E-state index contributed by atoms with van der Waals surface area (Å²) in [5, 5.41) is 84.5. The quantitative estimate of drug-likeness (QED) is 0.0157. The van der Waals surface area contributed by atoms with Crippen molar-refractivity contribution in [3.63, 3.8) is 0 Å². The Hall–Kier alpha value is -13.1. The van der Waals surface area contributed by atoms with Crippen molar-refractivity contribution in [1.29, 1.82) is 0 Å². The molecule has 1 aliphatic rings. The number of nitrogens with one attached hydrogen (secondary N) is 17. The fourth-order valence-electron chi connectivity index (χ4n) is 15.3. The van der Waals surface area contributed by atoms with E-state index in [1.807, 2.05) is 26.0 Å². The summed E-state index contributed by atoms with van der Waals surface area (Å²) in [7, 11) is 0. The van der Waals surface area contributed by atoms with Crippen molar-refractivity contribution in [2.24, 2.45) is 29.2 Å². The molecule has 16 amide bonds. The Morgan fingerprint density at radius 1 is 0.493 bits per heavy atom. The number of aliphatic hydroxyl groups excluding tert-OH is 2. The minimum atomic E-state index is -2.07. The minimum Gasteiger partial charge on any atom is -0.508 e. The standard InChI is InChI=1S/C96H143N19O23/c1-51(2)44-65-50-100-69(38-40-75(97)119)79(123)78(122)53(5)101-88(132)74(48-64-49-99-68-33-27-26-32-67(64)68)110-89(133)72(47-63-34-36-66(118)37-35-63)109-87(131)70(39-41-76(120)121)112-94(138)96(15,115-91(135)73(46-62-30-24-23-25-31-62)111-92(136)77(60(12)116)113-90(134)71(45-52(3)4)108-61(13)117)43-29-22-20-18-16-17-19-21-28-42-95(14,114-86(65)130)93(137)107-59(11)85(129)106-58(10)84(128)105-57(9)83(127)104-56(8)82(126)103-55(7)81(125)102-54(6)80(98)124/h17,19,23-27,30-37,49,51-61,65,69-74,77,99-100,108,116-118H,16,18,20-22,28-29,38-48,50H2,1-15H3,(H2,97,119)(H2,98,124)(H,101,132)(H,102,125)(H,103,126)(H,104,127)(H,105,128)(H,106,129)(H,107,137)(H,109,131)(H,110,133)(H,111,136)(H,112,138)(H,113,134)(H,114,130)(H,115,135)(H,120,121)/b19-17+/t53?,54-,55?,56-,57?,58-,59?,60+,61?,65+,69-,70-,71-,72?,73-,74-,77-,95-,96+/m0/s1. The fourth-order valence-corrected chi connectivity index (χ4v) is 15.3. The van der Waals surface area contributed by atoms with Crippen LogP contribution in [0.15, 0.2) is 97.2 Å². The summed E-state index contributed by atoms with van der Waals surface area (Å²) < 4.78 is 0. The SMILES string of the molecule is CC(C)C[C@@H]1CN[C@@H](CCC(N)=O)C(=O)C(=O)C(C)NC(=O)[C@H](Cc2c[nH]c3ccccc23)NC(=O)C(Cc2ccc(O)cc2)NC(=O)[C@H](CCC(=O)O)NC(=O)[C@](C)(NC(=O)[C@H](Cc2ccccc2)NC(=O)[C@@H](NC(=O)[C@H](CC(C)C)NC(C)O)[C@@H](C)O)CCCCCC/C=C/CCC[C@@](C)(C(=O)NC(C)C(=O)N[C@@H](C)C(=O)NC(C)C(=O)N[C@@H](C)C(=O)NC(C)C(=O)N[C@@H](C)C(N)=O)NC1=O. The van der Waals surface area contributed by atoms with Crippen molar-refractivity contribution in [2.45, 2.75) is 327 Å².